The van der Waals surface area contributed by atoms with Crippen LogP contribution in [0.4, 0.5) is 0 Å². The Morgan fingerprint density at radius 3 is 2.93 bits per heavy atom. The first-order chi connectivity index (χ1) is 14.7. The minimum absolute atomic E-state index is 0.153. The SMILES string of the molecule is Cc1[nH]nc2ccc(-c3cncc(OC[C@@H](N)Cc4c[nH]c5ccccc45)n3)cc12. The molecule has 0 spiro atoms. The van der Waals surface area contributed by atoms with Gasteiger partial charge in [-0.05, 0) is 37.1 Å². The summed E-state index contributed by atoms with van der Waals surface area (Å²) in [5, 5.41) is 9.53. The number of aryl methyl sites for hydroxylation is 1. The summed E-state index contributed by atoms with van der Waals surface area (Å²) in [4.78, 5) is 12.2. The van der Waals surface area contributed by atoms with Gasteiger partial charge in [0.2, 0.25) is 5.88 Å². The van der Waals surface area contributed by atoms with E-state index in [1.54, 1.807) is 12.4 Å². The van der Waals surface area contributed by atoms with Crippen molar-refractivity contribution in [3.05, 3.63) is 72.3 Å². The normalized spacial score (nSPS) is 12.5. The number of para-hydroxylation sites is 1. The molecule has 3 heterocycles. The maximum absolute atomic E-state index is 6.32. The molecule has 7 nitrogen and oxygen atoms in total. The minimum Gasteiger partial charge on any atom is -0.475 e. The van der Waals surface area contributed by atoms with Gasteiger partial charge in [-0.25, -0.2) is 4.98 Å². The van der Waals surface area contributed by atoms with Crippen molar-refractivity contribution in [2.24, 2.45) is 5.73 Å². The highest BCUT2D eigenvalue weighted by atomic mass is 16.5. The molecule has 0 bridgehead atoms. The van der Waals surface area contributed by atoms with Crippen molar-refractivity contribution in [2.45, 2.75) is 19.4 Å². The molecule has 0 saturated carbocycles. The summed E-state index contributed by atoms with van der Waals surface area (Å²) < 4.78 is 5.86. The zero-order valence-electron chi connectivity index (χ0n) is 16.6. The fourth-order valence-electron chi connectivity index (χ4n) is 3.69. The van der Waals surface area contributed by atoms with E-state index in [4.69, 9.17) is 10.5 Å². The van der Waals surface area contributed by atoms with Crippen LogP contribution >= 0.6 is 0 Å². The number of H-pyrrole nitrogens is 2. The lowest BCUT2D eigenvalue weighted by Gasteiger charge is -2.12. The van der Waals surface area contributed by atoms with Crippen molar-refractivity contribution in [3.63, 3.8) is 0 Å². The van der Waals surface area contributed by atoms with Crippen LogP contribution < -0.4 is 10.5 Å². The molecule has 0 saturated heterocycles. The Morgan fingerprint density at radius 2 is 2.00 bits per heavy atom. The van der Waals surface area contributed by atoms with Crippen molar-refractivity contribution in [3.8, 4) is 17.1 Å². The molecule has 4 N–H and O–H groups in total. The number of aromatic nitrogens is 5. The Labute approximate surface area is 173 Å². The number of fused-ring (bicyclic) bond motifs is 2. The smallest absolute Gasteiger partial charge is 0.232 e. The number of nitrogens with one attached hydrogen (secondary N) is 2. The first-order valence-corrected chi connectivity index (χ1v) is 9.88. The van der Waals surface area contributed by atoms with Gasteiger partial charge in [-0.1, -0.05) is 24.3 Å². The number of hydrogen-bond donors (Lipinski definition) is 3. The number of hydrogen-bond acceptors (Lipinski definition) is 5. The molecule has 5 aromatic rings. The Balaban J connectivity index is 1.29. The number of nitrogens with zero attached hydrogens (tertiary/aromatic N) is 3. The van der Waals surface area contributed by atoms with Gasteiger partial charge in [-0.15, -0.1) is 0 Å². The van der Waals surface area contributed by atoms with E-state index in [1.807, 2.05) is 37.4 Å². The highest BCUT2D eigenvalue weighted by Gasteiger charge is 2.11. The molecular formula is C23H22N6O. The summed E-state index contributed by atoms with van der Waals surface area (Å²) >= 11 is 0. The van der Waals surface area contributed by atoms with Gasteiger partial charge >= 0.3 is 0 Å². The maximum Gasteiger partial charge on any atom is 0.232 e. The number of nitrogens with two attached hydrogens (primary N) is 1. The average Bonchev–Trinajstić information content (AvgIpc) is 3.36. The van der Waals surface area contributed by atoms with Crippen LogP contribution in [0.5, 0.6) is 5.88 Å². The second-order valence-electron chi connectivity index (χ2n) is 7.46. The Morgan fingerprint density at radius 1 is 1.10 bits per heavy atom. The predicted molar refractivity (Wildman–Crippen MR) is 117 cm³/mol. The Bertz CT molecular complexity index is 1320. The van der Waals surface area contributed by atoms with Crippen LogP contribution in [0.1, 0.15) is 11.3 Å². The lowest BCUT2D eigenvalue weighted by Crippen LogP contribution is -2.30. The zero-order valence-corrected chi connectivity index (χ0v) is 16.6. The summed E-state index contributed by atoms with van der Waals surface area (Å²) in [5.74, 6) is 0.464. The fourth-order valence-corrected chi connectivity index (χ4v) is 3.69. The molecule has 0 aliphatic rings. The minimum atomic E-state index is -0.153. The van der Waals surface area contributed by atoms with E-state index in [-0.39, 0.29) is 6.04 Å². The highest BCUT2D eigenvalue weighted by molar-refractivity contribution is 5.86. The predicted octanol–water partition coefficient (Wildman–Crippen LogP) is 3.76. The maximum atomic E-state index is 6.32. The van der Waals surface area contributed by atoms with Crippen molar-refractivity contribution in [2.75, 3.05) is 6.61 Å². The average molecular weight is 398 g/mol. The summed E-state index contributed by atoms with van der Waals surface area (Å²) in [6, 6.07) is 14.1. The Hall–Kier alpha value is -3.71. The van der Waals surface area contributed by atoms with E-state index in [2.05, 4.69) is 43.3 Å². The van der Waals surface area contributed by atoms with Gasteiger partial charge in [0.1, 0.15) is 6.61 Å². The van der Waals surface area contributed by atoms with Gasteiger partial charge in [0.25, 0.3) is 0 Å². The van der Waals surface area contributed by atoms with Crippen LogP contribution in [0, 0.1) is 6.92 Å². The van der Waals surface area contributed by atoms with Gasteiger partial charge in [-0.3, -0.25) is 10.1 Å². The van der Waals surface area contributed by atoms with Crippen LogP contribution in [0.15, 0.2) is 61.1 Å². The van der Waals surface area contributed by atoms with Crippen LogP contribution in [0.25, 0.3) is 33.1 Å². The molecule has 0 unspecified atom stereocenters. The standard InChI is InChI=1S/C23H22N6O/c1-14-19-9-15(6-7-21(19)29-28-14)22-11-25-12-23(27-22)30-13-17(24)8-16-10-26-20-5-3-2-4-18(16)20/h2-7,9-12,17,26H,8,13,24H2,1H3,(H,28,29)/t17-/m0/s1. The molecule has 5 rings (SSSR count). The zero-order chi connectivity index (χ0) is 20.5. The van der Waals surface area contributed by atoms with E-state index in [9.17, 15) is 0 Å². The molecule has 0 radical (unpaired) electrons. The number of benzene rings is 2. The third-order valence-electron chi connectivity index (χ3n) is 5.26. The molecule has 3 aromatic heterocycles. The number of ether oxygens (including phenoxy) is 1. The van der Waals surface area contributed by atoms with Crippen LogP contribution in [0.2, 0.25) is 0 Å². The molecule has 150 valence electrons. The van der Waals surface area contributed by atoms with Gasteiger partial charge in [-0.2, -0.15) is 5.10 Å². The molecule has 0 amide bonds. The third-order valence-corrected chi connectivity index (χ3v) is 5.26. The summed E-state index contributed by atoms with van der Waals surface area (Å²) in [7, 11) is 0. The first kappa shape index (κ1) is 18.3. The largest absolute Gasteiger partial charge is 0.475 e. The van der Waals surface area contributed by atoms with Gasteiger partial charge < -0.3 is 15.5 Å². The second-order valence-corrected chi connectivity index (χ2v) is 7.46. The summed E-state index contributed by atoms with van der Waals surface area (Å²) in [6.07, 6.45) is 6.07. The molecule has 0 fully saturated rings. The number of aromatic amines is 2. The van der Waals surface area contributed by atoms with E-state index >= 15 is 0 Å². The molecule has 7 heteroatoms. The van der Waals surface area contributed by atoms with Crippen molar-refractivity contribution < 1.29 is 4.74 Å². The first-order valence-electron chi connectivity index (χ1n) is 9.88. The van der Waals surface area contributed by atoms with E-state index in [0.717, 1.165) is 33.4 Å². The topological polar surface area (TPSA) is 105 Å². The lowest BCUT2D eigenvalue weighted by molar-refractivity contribution is 0.276. The monoisotopic (exact) mass is 398 g/mol. The van der Waals surface area contributed by atoms with Crippen LogP contribution in [-0.2, 0) is 6.42 Å². The second kappa shape index (κ2) is 7.61. The van der Waals surface area contributed by atoms with Gasteiger partial charge in [0, 0.05) is 39.8 Å². The van der Waals surface area contributed by atoms with E-state index in [1.165, 1.54) is 10.9 Å². The third kappa shape index (κ3) is 3.51. The van der Waals surface area contributed by atoms with Crippen LogP contribution in [0.3, 0.4) is 0 Å². The Kier molecular flexibility index (Phi) is 4.65. The van der Waals surface area contributed by atoms with Crippen LogP contribution in [-0.4, -0.2) is 37.8 Å². The van der Waals surface area contributed by atoms with Gasteiger partial charge in [0.05, 0.1) is 23.6 Å². The highest BCUT2D eigenvalue weighted by Crippen LogP contribution is 2.25. The molecule has 0 aliphatic heterocycles. The van der Waals surface area contributed by atoms with E-state index in [0.29, 0.717) is 18.9 Å². The van der Waals surface area contributed by atoms with E-state index < -0.39 is 0 Å². The quantitative estimate of drug-likeness (QED) is 0.404. The van der Waals surface area contributed by atoms with Crippen molar-refractivity contribution in [1.29, 1.82) is 0 Å². The van der Waals surface area contributed by atoms with Crippen molar-refractivity contribution >= 4 is 21.8 Å². The molecule has 1 atom stereocenters. The molecular weight excluding hydrogens is 376 g/mol. The molecule has 2 aromatic carbocycles. The summed E-state index contributed by atoms with van der Waals surface area (Å²) in [5.41, 5.74) is 12.3. The van der Waals surface area contributed by atoms with Gasteiger partial charge in [0.15, 0.2) is 0 Å². The fraction of sp³-hybridized carbons (Fsp3) is 0.174. The molecule has 0 aliphatic carbocycles. The number of rotatable bonds is 6. The molecule has 30 heavy (non-hydrogen) atoms. The summed E-state index contributed by atoms with van der Waals surface area (Å²) in [6.45, 7) is 2.36. The van der Waals surface area contributed by atoms with Crippen molar-refractivity contribution in [1.82, 2.24) is 25.1 Å². The lowest BCUT2D eigenvalue weighted by atomic mass is 10.1.